The fourth-order valence-corrected chi connectivity index (χ4v) is 2.74. The Hall–Kier alpha value is -0.610. The molecule has 0 radical (unpaired) electrons. The summed E-state index contributed by atoms with van der Waals surface area (Å²) in [5.74, 6) is -0.232. The summed E-state index contributed by atoms with van der Waals surface area (Å²) in [6.45, 7) is 0. The lowest BCUT2D eigenvalue weighted by Gasteiger charge is -2.08. The highest BCUT2D eigenvalue weighted by Crippen LogP contribution is 2.35. The highest BCUT2D eigenvalue weighted by molar-refractivity contribution is 9.10. The quantitative estimate of drug-likeness (QED) is 0.728. The van der Waals surface area contributed by atoms with Gasteiger partial charge >= 0.3 is 0 Å². The first-order chi connectivity index (χ1) is 7.18. The van der Waals surface area contributed by atoms with Gasteiger partial charge in [-0.2, -0.15) is 0 Å². The molecule has 0 aliphatic rings. The summed E-state index contributed by atoms with van der Waals surface area (Å²) in [6, 6.07) is 8.24. The highest BCUT2D eigenvalue weighted by Gasteiger charge is 2.15. The molecule has 0 aliphatic heterocycles. The molecule has 1 aromatic carbocycles. The van der Waals surface area contributed by atoms with Gasteiger partial charge in [0.15, 0.2) is 4.67 Å². The van der Waals surface area contributed by atoms with E-state index in [1.807, 2.05) is 6.07 Å². The van der Waals surface area contributed by atoms with E-state index in [0.29, 0.717) is 4.67 Å². The molecular formula is C11H7Br2FO. The number of furan rings is 1. The van der Waals surface area contributed by atoms with Crippen molar-refractivity contribution in [2.75, 3.05) is 0 Å². The number of alkyl halides is 1. The molecule has 1 nitrogen and oxygen atoms in total. The third-order valence-electron chi connectivity index (χ3n) is 2.08. The standard InChI is InChI=1S/C11H7Br2FO/c12-10(9-5-6-15-11(9)13)7-1-3-8(14)4-2-7/h1-6,10H. The van der Waals surface area contributed by atoms with Gasteiger partial charge in [-0.1, -0.05) is 28.1 Å². The van der Waals surface area contributed by atoms with Gasteiger partial charge in [0, 0.05) is 5.56 Å². The van der Waals surface area contributed by atoms with Gasteiger partial charge in [-0.3, -0.25) is 0 Å². The summed E-state index contributed by atoms with van der Waals surface area (Å²) in [5, 5.41) is 0. The van der Waals surface area contributed by atoms with Gasteiger partial charge < -0.3 is 4.42 Å². The Kier molecular flexibility index (Phi) is 3.26. The van der Waals surface area contributed by atoms with Crippen LogP contribution in [0, 0.1) is 5.82 Å². The summed E-state index contributed by atoms with van der Waals surface area (Å²) in [6.07, 6.45) is 1.61. The molecule has 1 aromatic heterocycles. The summed E-state index contributed by atoms with van der Waals surface area (Å²) in [7, 11) is 0. The van der Waals surface area contributed by atoms with Crippen LogP contribution in [-0.2, 0) is 0 Å². The molecule has 78 valence electrons. The Morgan fingerprint density at radius 1 is 1.13 bits per heavy atom. The Bertz CT molecular complexity index is 450. The largest absolute Gasteiger partial charge is 0.457 e. The van der Waals surface area contributed by atoms with E-state index in [2.05, 4.69) is 31.9 Å². The fraction of sp³-hybridized carbons (Fsp3) is 0.0909. The van der Waals surface area contributed by atoms with Crippen molar-refractivity contribution in [3.05, 3.63) is 58.2 Å². The molecule has 0 amide bonds. The Balaban J connectivity index is 2.32. The van der Waals surface area contributed by atoms with Crippen LogP contribution in [0.25, 0.3) is 0 Å². The zero-order valence-corrected chi connectivity index (χ0v) is 10.8. The molecule has 0 fully saturated rings. The van der Waals surface area contributed by atoms with Crippen molar-refractivity contribution in [2.24, 2.45) is 0 Å². The van der Waals surface area contributed by atoms with Gasteiger partial charge in [0.1, 0.15) is 5.82 Å². The van der Waals surface area contributed by atoms with E-state index in [9.17, 15) is 4.39 Å². The maximum atomic E-state index is 12.7. The van der Waals surface area contributed by atoms with Gasteiger partial charge in [0.25, 0.3) is 0 Å². The predicted octanol–water partition coefficient (Wildman–Crippen LogP) is 4.67. The van der Waals surface area contributed by atoms with Crippen LogP contribution in [-0.4, -0.2) is 0 Å². The summed E-state index contributed by atoms with van der Waals surface area (Å²) in [5.41, 5.74) is 1.97. The molecule has 0 spiro atoms. The third kappa shape index (κ3) is 2.32. The van der Waals surface area contributed by atoms with Gasteiger partial charge in [-0.15, -0.1) is 0 Å². The second-order valence-corrected chi connectivity index (χ2v) is 4.70. The van der Waals surface area contributed by atoms with Crippen LogP contribution in [0.2, 0.25) is 0 Å². The molecule has 1 atom stereocenters. The summed E-state index contributed by atoms with van der Waals surface area (Å²) in [4.78, 5) is 0.00576. The Morgan fingerprint density at radius 3 is 2.33 bits per heavy atom. The lowest BCUT2D eigenvalue weighted by Crippen LogP contribution is -1.91. The van der Waals surface area contributed by atoms with Crippen LogP contribution in [0.4, 0.5) is 4.39 Å². The second kappa shape index (κ2) is 4.49. The minimum absolute atomic E-state index is 0.00576. The summed E-state index contributed by atoms with van der Waals surface area (Å²) >= 11 is 6.84. The van der Waals surface area contributed by atoms with E-state index < -0.39 is 0 Å². The van der Waals surface area contributed by atoms with E-state index in [4.69, 9.17) is 4.42 Å². The van der Waals surface area contributed by atoms with E-state index in [0.717, 1.165) is 11.1 Å². The van der Waals surface area contributed by atoms with E-state index >= 15 is 0 Å². The van der Waals surface area contributed by atoms with Crippen LogP contribution in [0.1, 0.15) is 16.0 Å². The SMILES string of the molecule is Fc1ccc(C(Br)c2ccoc2Br)cc1. The molecule has 0 aliphatic carbocycles. The van der Waals surface area contributed by atoms with Crippen LogP contribution >= 0.6 is 31.9 Å². The smallest absolute Gasteiger partial charge is 0.173 e. The van der Waals surface area contributed by atoms with E-state index in [-0.39, 0.29) is 10.6 Å². The lowest BCUT2D eigenvalue weighted by atomic mass is 10.1. The first-order valence-corrected chi connectivity index (χ1v) is 6.02. The monoisotopic (exact) mass is 332 g/mol. The lowest BCUT2D eigenvalue weighted by molar-refractivity contribution is 0.537. The van der Waals surface area contributed by atoms with Gasteiger partial charge in [-0.25, -0.2) is 4.39 Å². The van der Waals surface area contributed by atoms with Crippen molar-refractivity contribution >= 4 is 31.9 Å². The van der Waals surface area contributed by atoms with E-state index in [1.54, 1.807) is 18.4 Å². The second-order valence-electron chi connectivity index (χ2n) is 3.06. The molecule has 4 heteroatoms. The van der Waals surface area contributed by atoms with Gasteiger partial charge in [-0.05, 0) is 39.7 Å². The number of hydrogen-bond acceptors (Lipinski definition) is 1. The molecule has 2 rings (SSSR count). The minimum atomic E-state index is -0.232. The van der Waals surface area contributed by atoms with Crippen LogP contribution in [0.3, 0.4) is 0 Å². The average Bonchev–Trinajstić information content (AvgIpc) is 2.65. The van der Waals surface area contributed by atoms with E-state index in [1.165, 1.54) is 12.1 Å². The first-order valence-electron chi connectivity index (χ1n) is 4.31. The highest BCUT2D eigenvalue weighted by atomic mass is 79.9. The molecule has 1 heterocycles. The molecule has 1 unspecified atom stereocenters. The van der Waals surface area contributed by atoms with Gasteiger partial charge in [0.05, 0.1) is 11.1 Å². The van der Waals surface area contributed by atoms with Crippen molar-refractivity contribution < 1.29 is 8.81 Å². The normalized spacial score (nSPS) is 12.7. The number of benzene rings is 1. The Morgan fingerprint density at radius 2 is 1.80 bits per heavy atom. The molecule has 2 aromatic rings. The molecule has 0 N–H and O–H groups in total. The van der Waals surface area contributed by atoms with Gasteiger partial charge in [0.2, 0.25) is 0 Å². The van der Waals surface area contributed by atoms with Crippen molar-refractivity contribution in [2.45, 2.75) is 4.83 Å². The predicted molar refractivity (Wildman–Crippen MR) is 63.6 cm³/mol. The van der Waals surface area contributed by atoms with Crippen LogP contribution in [0.5, 0.6) is 0 Å². The van der Waals surface area contributed by atoms with Crippen LogP contribution in [0.15, 0.2) is 45.7 Å². The minimum Gasteiger partial charge on any atom is -0.457 e. The molecule has 15 heavy (non-hydrogen) atoms. The van der Waals surface area contributed by atoms with Crippen molar-refractivity contribution in [3.8, 4) is 0 Å². The number of halogens is 3. The maximum absolute atomic E-state index is 12.7. The van der Waals surface area contributed by atoms with Crippen molar-refractivity contribution in [3.63, 3.8) is 0 Å². The van der Waals surface area contributed by atoms with Crippen molar-refractivity contribution in [1.82, 2.24) is 0 Å². The Labute approximate surface area is 104 Å². The molecule has 0 saturated heterocycles. The number of rotatable bonds is 2. The molecule has 0 saturated carbocycles. The topological polar surface area (TPSA) is 13.1 Å². The molecule has 0 bridgehead atoms. The first kappa shape index (κ1) is 10.9. The fourth-order valence-electron chi connectivity index (χ4n) is 1.30. The van der Waals surface area contributed by atoms with Crippen molar-refractivity contribution in [1.29, 1.82) is 0 Å². The maximum Gasteiger partial charge on any atom is 0.173 e. The summed E-state index contributed by atoms with van der Waals surface area (Å²) < 4.78 is 18.6. The molecular weight excluding hydrogens is 327 g/mol. The number of hydrogen-bond donors (Lipinski definition) is 0. The third-order valence-corrected chi connectivity index (χ3v) is 3.75. The zero-order valence-electron chi connectivity index (χ0n) is 7.58. The zero-order chi connectivity index (χ0) is 10.8. The van der Waals surface area contributed by atoms with Crippen LogP contribution < -0.4 is 0 Å². The average molecular weight is 334 g/mol.